The van der Waals surface area contributed by atoms with Crippen LogP contribution in [0.15, 0.2) is 0 Å². The van der Waals surface area contributed by atoms with Crippen molar-refractivity contribution in [2.75, 3.05) is 0 Å². The fourth-order valence-electron chi connectivity index (χ4n) is 0.875. The molecule has 0 heterocycles. The Morgan fingerprint density at radius 3 is 1.42 bits per heavy atom. The molecule has 0 aromatic carbocycles. The third kappa shape index (κ3) is 10.1. The Kier molecular flexibility index (Phi) is 11.2. The molecule has 0 saturated carbocycles. The average Bonchev–Trinajstić information content (AvgIpc) is 2.10. The molecule has 0 aliphatic heterocycles. The van der Waals surface area contributed by atoms with Crippen molar-refractivity contribution >= 4 is 31.9 Å². The highest BCUT2D eigenvalue weighted by atomic mass is 79.9. The molecule has 0 atom stereocenters. The van der Waals surface area contributed by atoms with Gasteiger partial charge in [0.05, 0.1) is 0 Å². The summed E-state index contributed by atoms with van der Waals surface area (Å²) in [4.78, 5) is 5.43. The highest BCUT2D eigenvalue weighted by molar-refractivity contribution is 9.12. The molecule has 0 aromatic rings. The van der Waals surface area contributed by atoms with E-state index in [2.05, 4.69) is 53.4 Å². The number of hydrogen-bond donors (Lipinski definition) is 0. The average molecular weight is 292 g/mol. The smallest absolute Gasteiger partial charge is 0.0106 e. The van der Waals surface area contributed by atoms with Crippen molar-refractivity contribution in [3.63, 3.8) is 0 Å². The predicted octanol–water partition coefficient (Wildman–Crippen LogP) is 4.04. The molecule has 0 nitrogen and oxygen atoms in total. The summed E-state index contributed by atoms with van der Waals surface area (Å²) in [5.74, 6) is 5.96. The van der Waals surface area contributed by atoms with Crippen molar-refractivity contribution in [2.24, 2.45) is 0 Å². The Hall–Kier alpha value is 0.0800. The molecule has 0 bridgehead atoms. The van der Waals surface area contributed by atoms with E-state index in [4.69, 9.17) is 0 Å². The van der Waals surface area contributed by atoms with Crippen molar-refractivity contribution in [2.45, 2.75) is 38.5 Å². The summed E-state index contributed by atoms with van der Waals surface area (Å²) in [7, 11) is 0. The van der Waals surface area contributed by atoms with Crippen LogP contribution in [0.5, 0.6) is 0 Å². The van der Waals surface area contributed by atoms with Crippen molar-refractivity contribution in [1.82, 2.24) is 0 Å². The first-order valence-electron chi connectivity index (χ1n) is 4.09. The Morgan fingerprint density at radius 2 is 1.08 bits per heavy atom. The second-order valence-corrected chi connectivity index (χ2v) is 3.25. The predicted molar refractivity (Wildman–Crippen MR) is 61.1 cm³/mol. The van der Waals surface area contributed by atoms with Gasteiger partial charge in [-0.1, -0.05) is 24.7 Å². The van der Waals surface area contributed by atoms with Gasteiger partial charge in [-0.15, -0.1) is 0 Å². The minimum atomic E-state index is 1.01. The van der Waals surface area contributed by atoms with Crippen LogP contribution in [-0.4, -0.2) is 0 Å². The fraction of sp³-hybridized carbons (Fsp3) is 0.600. The van der Waals surface area contributed by atoms with Gasteiger partial charge in [0.2, 0.25) is 0 Å². The Labute approximate surface area is 91.8 Å². The molecular weight excluding hydrogens is 280 g/mol. The lowest BCUT2D eigenvalue weighted by Crippen LogP contribution is -1.76. The zero-order valence-corrected chi connectivity index (χ0v) is 10.2. The normalized spacial score (nSPS) is 7.83. The van der Waals surface area contributed by atoms with Crippen LogP contribution in [0, 0.1) is 21.5 Å². The van der Waals surface area contributed by atoms with E-state index in [1.54, 1.807) is 0 Å². The number of rotatable bonds is 5. The van der Waals surface area contributed by atoms with Gasteiger partial charge < -0.3 is 0 Å². The molecule has 0 spiro atoms. The monoisotopic (exact) mass is 290 g/mol. The molecule has 0 aliphatic carbocycles. The minimum absolute atomic E-state index is 1.01. The molecule has 2 heteroatoms. The lowest BCUT2D eigenvalue weighted by atomic mass is 10.1. The van der Waals surface area contributed by atoms with E-state index < -0.39 is 0 Å². The van der Waals surface area contributed by atoms with Gasteiger partial charge in [-0.3, -0.25) is 0 Å². The van der Waals surface area contributed by atoms with Gasteiger partial charge in [-0.25, -0.2) is 0 Å². The second kappa shape index (κ2) is 11.1. The maximum absolute atomic E-state index is 3.07. The van der Waals surface area contributed by atoms with E-state index in [9.17, 15) is 0 Å². The molecule has 0 unspecified atom stereocenters. The fourth-order valence-corrected chi connectivity index (χ4v) is 1.27. The van der Waals surface area contributed by atoms with Crippen LogP contribution in [0.3, 0.4) is 0 Å². The van der Waals surface area contributed by atoms with E-state index in [0.29, 0.717) is 0 Å². The van der Waals surface area contributed by atoms with E-state index in [0.717, 1.165) is 12.8 Å². The molecule has 0 N–H and O–H groups in total. The summed E-state index contributed by atoms with van der Waals surface area (Å²) in [5.41, 5.74) is 0. The van der Waals surface area contributed by atoms with Crippen LogP contribution < -0.4 is 0 Å². The lowest BCUT2D eigenvalue weighted by Gasteiger charge is -1.93. The summed E-state index contributed by atoms with van der Waals surface area (Å²) in [6, 6.07) is 0. The first-order chi connectivity index (χ1) is 5.91. The zero-order chi connectivity index (χ0) is 9.07. The van der Waals surface area contributed by atoms with Crippen LogP contribution in [0.1, 0.15) is 38.5 Å². The van der Waals surface area contributed by atoms with Crippen molar-refractivity contribution in [3.8, 4) is 21.5 Å². The van der Waals surface area contributed by atoms with Gasteiger partial charge in [0.15, 0.2) is 0 Å². The van der Waals surface area contributed by atoms with E-state index >= 15 is 0 Å². The maximum Gasteiger partial charge on any atom is 0.0106 e. The van der Waals surface area contributed by atoms with Crippen molar-refractivity contribution in [1.29, 1.82) is 0 Å². The molecule has 12 heavy (non-hydrogen) atoms. The number of unbranched alkanes of at least 4 members (excludes halogenated alkanes) is 5. The van der Waals surface area contributed by atoms with E-state index in [1.807, 2.05) is 0 Å². The van der Waals surface area contributed by atoms with E-state index in [1.165, 1.54) is 25.7 Å². The highest BCUT2D eigenvalue weighted by Gasteiger charge is 1.86. The lowest BCUT2D eigenvalue weighted by molar-refractivity contribution is 0.661. The van der Waals surface area contributed by atoms with Crippen LogP contribution in [0.2, 0.25) is 0 Å². The molecular formula is C10H12Br2. The molecule has 0 rings (SSSR count). The standard InChI is InChI=1S/C10H12Br2/c11-9-7-5-3-1-2-4-6-8-10-12/h1-6H2. The first kappa shape index (κ1) is 12.1. The van der Waals surface area contributed by atoms with Gasteiger partial charge in [-0.2, -0.15) is 0 Å². The molecule has 66 valence electrons. The topological polar surface area (TPSA) is 0 Å². The summed E-state index contributed by atoms with van der Waals surface area (Å²) >= 11 is 6.14. The minimum Gasteiger partial charge on any atom is -0.0908 e. The van der Waals surface area contributed by atoms with Crippen molar-refractivity contribution in [3.05, 3.63) is 0 Å². The molecule has 0 aromatic heterocycles. The third-order valence-electron chi connectivity index (χ3n) is 1.49. The molecule has 0 fully saturated rings. The molecule has 0 amide bonds. The van der Waals surface area contributed by atoms with Crippen LogP contribution in [0.25, 0.3) is 0 Å². The summed E-state index contributed by atoms with van der Waals surface area (Å²) in [6.45, 7) is 0. The summed E-state index contributed by atoms with van der Waals surface area (Å²) in [6.07, 6.45) is 6.97. The summed E-state index contributed by atoms with van der Waals surface area (Å²) in [5, 5.41) is 0. The van der Waals surface area contributed by atoms with Crippen LogP contribution >= 0.6 is 31.9 Å². The largest absolute Gasteiger partial charge is 0.0908 e. The number of hydrogen-bond acceptors (Lipinski definition) is 0. The quantitative estimate of drug-likeness (QED) is 0.530. The van der Waals surface area contributed by atoms with Gasteiger partial charge in [0.25, 0.3) is 0 Å². The second-order valence-electron chi connectivity index (χ2n) is 2.46. The third-order valence-corrected chi connectivity index (χ3v) is 2.05. The first-order valence-corrected chi connectivity index (χ1v) is 5.67. The molecule has 0 radical (unpaired) electrons. The van der Waals surface area contributed by atoms with Gasteiger partial charge in [-0.05, 0) is 22.5 Å². The summed E-state index contributed by atoms with van der Waals surface area (Å²) < 4.78 is 0. The molecule has 0 saturated heterocycles. The van der Waals surface area contributed by atoms with E-state index in [-0.39, 0.29) is 0 Å². The van der Waals surface area contributed by atoms with Crippen LogP contribution in [0.4, 0.5) is 0 Å². The SMILES string of the molecule is BrC#CCCCCCCC#CBr. The van der Waals surface area contributed by atoms with Gasteiger partial charge in [0, 0.05) is 44.7 Å². The Morgan fingerprint density at radius 1 is 0.667 bits per heavy atom. The van der Waals surface area contributed by atoms with Crippen LogP contribution in [-0.2, 0) is 0 Å². The maximum atomic E-state index is 3.07. The molecule has 0 aliphatic rings. The Balaban J connectivity index is 2.97. The highest BCUT2D eigenvalue weighted by Crippen LogP contribution is 2.04. The van der Waals surface area contributed by atoms with Gasteiger partial charge >= 0.3 is 0 Å². The Bertz CT molecular complexity index is 175. The number of halogens is 2. The van der Waals surface area contributed by atoms with Crippen molar-refractivity contribution < 1.29 is 0 Å². The van der Waals surface area contributed by atoms with Gasteiger partial charge in [0.1, 0.15) is 0 Å². The zero-order valence-electron chi connectivity index (χ0n) is 7.00.